The molecule has 2 N–H and O–H groups in total. The third-order valence-electron chi connectivity index (χ3n) is 3.86. The molecule has 0 atom stereocenters. The molecule has 0 saturated carbocycles. The van der Waals surface area contributed by atoms with Crippen LogP contribution in [0.2, 0.25) is 0 Å². The van der Waals surface area contributed by atoms with Crippen LogP contribution in [0.25, 0.3) is 0 Å². The lowest BCUT2D eigenvalue weighted by molar-refractivity contribution is -0.137. The molecule has 1 rings (SSSR count). The van der Waals surface area contributed by atoms with E-state index in [4.69, 9.17) is 10.2 Å². The summed E-state index contributed by atoms with van der Waals surface area (Å²) >= 11 is 0. The van der Waals surface area contributed by atoms with Gasteiger partial charge in [0.05, 0.1) is 0 Å². The summed E-state index contributed by atoms with van der Waals surface area (Å²) in [5.74, 6) is -0.0481. The second-order valence-electron chi connectivity index (χ2n) is 5.36. The summed E-state index contributed by atoms with van der Waals surface area (Å²) in [6, 6.07) is 0. The summed E-state index contributed by atoms with van der Waals surface area (Å²) < 4.78 is 0. The fourth-order valence-electron chi connectivity index (χ4n) is 2.63. The van der Waals surface area contributed by atoms with E-state index >= 15 is 0 Å². The zero-order valence-electron chi connectivity index (χ0n) is 11.3. The first-order valence-corrected chi connectivity index (χ1v) is 7.27. The van der Waals surface area contributed by atoms with Crippen LogP contribution < -0.4 is 0 Å². The van der Waals surface area contributed by atoms with Crippen LogP contribution in [-0.2, 0) is 4.79 Å². The zero-order chi connectivity index (χ0) is 13.2. The quantitative estimate of drug-likeness (QED) is 0.621. The van der Waals surface area contributed by atoms with Crippen molar-refractivity contribution >= 4 is 5.97 Å². The van der Waals surface area contributed by atoms with Gasteiger partial charge in [0.25, 0.3) is 0 Å². The van der Waals surface area contributed by atoms with Gasteiger partial charge < -0.3 is 15.1 Å². The Kier molecular flexibility index (Phi) is 8.01. The van der Waals surface area contributed by atoms with Gasteiger partial charge in [-0.2, -0.15) is 0 Å². The van der Waals surface area contributed by atoms with Crippen LogP contribution in [0.5, 0.6) is 0 Å². The van der Waals surface area contributed by atoms with Gasteiger partial charge in [0.15, 0.2) is 0 Å². The van der Waals surface area contributed by atoms with Crippen molar-refractivity contribution in [1.29, 1.82) is 0 Å². The van der Waals surface area contributed by atoms with Gasteiger partial charge in [0.2, 0.25) is 0 Å². The normalized spacial score (nSPS) is 18.1. The smallest absolute Gasteiger partial charge is 0.303 e. The molecule has 0 aromatic heterocycles. The lowest BCUT2D eigenvalue weighted by Crippen LogP contribution is -2.34. The van der Waals surface area contributed by atoms with Crippen LogP contribution >= 0.6 is 0 Å². The minimum Gasteiger partial charge on any atom is -0.481 e. The first kappa shape index (κ1) is 15.4. The van der Waals surface area contributed by atoms with Crippen molar-refractivity contribution in [3.05, 3.63) is 0 Å². The molecular formula is C14H27NO3. The molecule has 0 amide bonds. The molecule has 0 aromatic rings. The van der Waals surface area contributed by atoms with Crippen LogP contribution in [0.4, 0.5) is 0 Å². The van der Waals surface area contributed by atoms with E-state index < -0.39 is 5.97 Å². The van der Waals surface area contributed by atoms with Gasteiger partial charge in [-0.3, -0.25) is 4.79 Å². The number of piperidine rings is 1. The van der Waals surface area contributed by atoms with Crippen LogP contribution in [0.1, 0.15) is 51.4 Å². The van der Waals surface area contributed by atoms with Crippen LogP contribution in [0.15, 0.2) is 0 Å². The fourth-order valence-corrected chi connectivity index (χ4v) is 2.63. The summed E-state index contributed by atoms with van der Waals surface area (Å²) in [7, 11) is 0. The van der Waals surface area contributed by atoms with Gasteiger partial charge in [0.1, 0.15) is 0 Å². The summed E-state index contributed by atoms with van der Waals surface area (Å²) in [6.45, 7) is 3.74. The van der Waals surface area contributed by atoms with Gasteiger partial charge >= 0.3 is 5.97 Å². The van der Waals surface area contributed by atoms with Crippen molar-refractivity contribution in [2.75, 3.05) is 26.2 Å². The minimum absolute atomic E-state index is 0.314. The lowest BCUT2D eigenvalue weighted by Gasteiger charge is -2.31. The summed E-state index contributed by atoms with van der Waals surface area (Å²) in [6.07, 6.45) is 7.97. The zero-order valence-corrected chi connectivity index (χ0v) is 11.3. The number of unbranched alkanes of at least 4 members (excludes halogenated alkanes) is 3. The predicted octanol–water partition coefficient (Wildman–Crippen LogP) is 2.12. The molecule has 0 radical (unpaired) electrons. The third kappa shape index (κ3) is 6.97. The Balaban J connectivity index is 1.99. The SMILES string of the molecule is O=C(O)CCC1CCN(CCCCCCO)CC1. The summed E-state index contributed by atoms with van der Waals surface area (Å²) in [5.41, 5.74) is 0. The number of rotatable bonds is 9. The molecule has 1 aliphatic heterocycles. The maximum absolute atomic E-state index is 10.5. The Hall–Kier alpha value is -0.610. The Morgan fingerprint density at radius 3 is 2.39 bits per heavy atom. The lowest BCUT2D eigenvalue weighted by atomic mass is 9.92. The number of carboxylic acids is 1. The van der Waals surface area contributed by atoms with Crippen molar-refractivity contribution in [2.45, 2.75) is 51.4 Å². The van der Waals surface area contributed by atoms with Gasteiger partial charge in [-0.25, -0.2) is 0 Å². The van der Waals surface area contributed by atoms with E-state index in [1.54, 1.807) is 0 Å². The molecule has 4 nitrogen and oxygen atoms in total. The molecule has 1 aliphatic rings. The highest BCUT2D eigenvalue weighted by Gasteiger charge is 2.19. The largest absolute Gasteiger partial charge is 0.481 e. The first-order chi connectivity index (χ1) is 8.72. The number of likely N-dealkylation sites (tertiary alicyclic amines) is 1. The van der Waals surface area contributed by atoms with Crippen LogP contribution in [0, 0.1) is 5.92 Å². The van der Waals surface area contributed by atoms with Gasteiger partial charge in [0, 0.05) is 13.0 Å². The maximum atomic E-state index is 10.5. The van der Waals surface area contributed by atoms with Crippen LogP contribution in [0.3, 0.4) is 0 Å². The maximum Gasteiger partial charge on any atom is 0.303 e. The van der Waals surface area contributed by atoms with E-state index in [-0.39, 0.29) is 0 Å². The van der Waals surface area contributed by atoms with E-state index in [9.17, 15) is 4.79 Å². The molecule has 0 bridgehead atoms. The van der Waals surface area contributed by atoms with Crippen LogP contribution in [-0.4, -0.2) is 47.3 Å². The average molecular weight is 257 g/mol. The third-order valence-corrected chi connectivity index (χ3v) is 3.86. The second kappa shape index (κ2) is 9.34. The van der Waals surface area contributed by atoms with E-state index in [2.05, 4.69) is 4.90 Å². The van der Waals surface area contributed by atoms with Gasteiger partial charge in [-0.15, -0.1) is 0 Å². The molecule has 18 heavy (non-hydrogen) atoms. The molecule has 1 fully saturated rings. The number of carboxylic acid groups (broad SMARTS) is 1. The number of hydrogen-bond donors (Lipinski definition) is 2. The molecule has 106 valence electrons. The number of carbonyl (C=O) groups is 1. The monoisotopic (exact) mass is 257 g/mol. The predicted molar refractivity (Wildman–Crippen MR) is 71.6 cm³/mol. The molecule has 0 spiro atoms. The summed E-state index contributed by atoms with van der Waals surface area (Å²) in [4.78, 5) is 13.0. The fraction of sp³-hybridized carbons (Fsp3) is 0.929. The molecule has 1 heterocycles. The number of hydrogen-bond acceptors (Lipinski definition) is 3. The number of nitrogens with zero attached hydrogens (tertiary/aromatic N) is 1. The van der Waals surface area contributed by atoms with Gasteiger partial charge in [-0.05, 0) is 57.7 Å². The minimum atomic E-state index is -0.665. The van der Waals surface area contributed by atoms with Crippen molar-refractivity contribution in [2.24, 2.45) is 5.92 Å². The number of aliphatic carboxylic acids is 1. The highest BCUT2D eigenvalue weighted by Crippen LogP contribution is 2.22. The highest BCUT2D eigenvalue weighted by molar-refractivity contribution is 5.66. The Morgan fingerprint density at radius 1 is 1.11 bits per heavy atom. The van der Waals surface area contributed by atoms with Crippen molar-refractivity contribution in [3.8, 4) is 0 Å². The highest BCUT2D eigenvalue weighted by atomic mass is 16.4. The first-order valence-electron chi connectivity index (χ1n) is 7.27. The molecule has 0 unspecified atom stereocenters. The Bertz CT molecular complexity index is 225. The molecular weight excluding hydrogens is 230 g/mol. The Labute approximate surface area is 110 Å². The number of aliphatic hydroxyl groups excluding tert-OH is 1. The van der Waals surface area contributed by atoms with E-state index in [0.29, 0.717) is 18.9 Å². The topological polar surface area (TPSA) is 60.8 Å². The average Bonchev–Trinajstić information content (AvgIpc) is 2.37. The van der Waals surface area contributed by atoms with E-state index in [1.165, 1.54) is 12.8 Å². The molecule has 0 aromatic carbocycles. The van der Waals surface area contributed by atoms with Gasteiger partial charge in [-0.1, -0.05) is 12.8 Å². The number of aliphatic hydroxyl groups is 1. The second-order valence-corrected chi connectivity index (χ2v) is 5.36. The van der Waals surface area contributed by atoms with Crippen molar-refractivity contribution < 1.29 is 15.0 Å². The standard InChI is InChI=1S/C14H27NO3/c16-12-4-2-1-3-9-15-10-7-13(8-11-15)5-6-14(17)18/h13,16H,1-12H2,(H,17,18). The summed E-state index contributed by atoms with van der Waals surface area (Å²) in [5, 5.41) is 17.3. The van der Waals surface area contributed by atoms with Crippen molar-refractivity contribution in [1.82, 2.24) is 4.90 Å². The molecule has 4 heteroatoms. The molecule has 1 saturated heterocycles. The molecule has 0 aliphatic carbocycles. The Morgan fingerprint density at radius 2 is 1.78 bits per heavy atom. The van der Waals surface area contributed by atoms with Crippen molar-refractivity contribution in [3.63, 3.8) is 0 Å². The van der Waals surface area contributed by atoms with E-state index in [0.717, 1.165) is 51.7 Å². The van der Waals surface area contributed by atoms with E-state index in [1.807, 2.05) is 0 Å².